The first kappa shape index (κ1) is 22.3. The molecule has 158 valence electrons. The number of amides is 1. The molecule has 1 aromatic heterocycles. The predicted octanol–water partition coefficient (Wildman–Crippen LogP) is 3.38. The van der Waals surface area contributed by atoms with Gasteiger partial charge in [-0.3, -0.25) is 14.7 Å². The van der Waals surface area contributed by atoms with Crippen LogP contribution in [0.4, 0.5) is 0 Å². The number of pyridine rings is 1. The Kier molecular flexibility index (Phi) is 7.05. The third kappa shape index (κ3) is 4.53. The van der Waals surface area contributed by atoms with Gasteiger partial charge in [0.25, 0.3) is 5.91 Å². The smallest absolute Gasteiger partial charge is 0.254 e. The molecule has 1 aliphatic carbocycles. The summed E-state index contributed by atoms with van der Waals surface area (Å²) in [5.41, 5.74) is 4.10. The molecule has 3 fully saturated rings. The molecule has 5 rings (SSSR count). The van der Waals surface area contributed by atoms with Crippen molar-refractivity contribution in [3.8, 4) is 0 Å². The molecule has 0 bridgehead atoms. The van der Waals surface area contributed by atoms with Crippen LogP contribution in [0.5, 0.6) is 0 Å². The van der Waals surface area contributed by atoms with Crippen LogP contribution in [-0.4, -0.2) is 66.0 Å². The van der Waals surface area contributed by atoms with Crippen molar-refractivity contribution in [2.45, 2.75) is 38.1 Å². The number of rotatable bonds is 3. The van der Waals surface area contributed by atoms with E-state index in [0.29, 0.717) is 12.0 Å². The topological polar surface area (TPSA) is 48.5 Å². The Morgan fingerprint density at radius 2 is 1.83 bits per heavy atom. The normalized spacial score (nSPS) is 22.2. The van der Waals surface area contributed by atoms with Crippen molar-refractivity contribution in [3.63, 3.8) is 0 Å². The highest BCUT2D eigenvalue weighted by Crippen LogP contribution is 2.40. The molecule has 0 radical (unpaired) electrons. The second-order valence-corrected chi connectivity index (χ2v) is 8.37. The number of carbonyl (C=O) groups excluding carboxylic acids is 1. The minimum atomic E-state index is 0. The third-order valence-electron chi connectivity index (χ3n) is 6.33. The molecule has 2 aromatic rings. The Morgan fingerprint density at radius 3 is 2.55 bits per heavy atom. The zero-order chi connectivity index (χ0) is 18.4. The number of nitrogens with one attached hydrogen (secondary N) is 1. The molecule has 1 atom stereocenters. The number of hydrogen-bond donors (Lipinski definition) is 1. The van der Waals surface area contributed by atoms with Crippen LogP contribution in [0.3, 0.4) is 0 Å². The SMILES string of the molecule is Cc1ccc2nc(C3CC3)cc(C(=O)N3CCC(N4CCNCC4)C3)c2c1.Cl.Cl. The van der Waals surface area contributed by atoms with Crippen molar-refractivity contribution in [1.82, 2.24) is 20.1 Å². The number of benzene rings is 1. The molecule has 0 spiro atoms. The van der Waals surface area contributed by atoms with Gasteiger partial charge in [-0.05, 0) is 44.4 Å². The monoisotopic (exact) mass is 436 g/mol. The first-order valence-corrected chi connectivity index (χ1v) is 10.3. The van der Waals surface area contributed by atoms with Gasteiger partial charge >= 0.3 is 0 Å². The molecule has 3 aliphatic rings. The van der Waals surface area contributed by atoms with E-state index < -0.39 is 0 Å². The molecule has 29 heavy (non-hydrogen) atoms. The van der Waals surface area contributed by atoms with E-state index in [0.717, 1.165) is 67.8 Å². The number of fused-ring (bicyclic) bond motifs is 1. The zero-order valence-electron chi connectivity index (χ0n) is 16.9. The Bertz CT molecular complexity index is 880. The standard InChI is InChI=1S/C22H28N4O.2ClH/c1-15-2-5-20-18(12-15)19(13-21(24-20)16-3-4-16)22(27)26-9-6-17(14-26)25-10-7-23-8-11-25;;/h2,5,12-13,16-17,23H,3-4,6-11,14H2,1H3;2*1H. The lowest BCUT2D eigenvalue weighted by molar-refractivity contribution is 0.0775. The van der Waals surface area contributed by atoms with Gasteiger partial charge in [-0.1, -0.05) is 11.6 Å². The van der Waals surface area contributed by atoms with Gasteiger partial charge in [0.15, 0.2) is 0 Å². The highest BCUT2D eigenvalue weighted by Gasteiger charge is 2.33. The zero-order valence-corrected chi connectivity index (χ0v) is 18.5. The molecule has 1 aromatic carbocycles. The molecule has 2 aliphatic heterocycles. The second kappa shape index (κ2) is 9.17. The lowest BCUT2D eigenvalue weighted by Gasteiger charge is -2.32. The van der Waals surface area contributed by atoms with Crippen LogP contribution in [0.1, 0.15) is 46.8 Å². The van der Waals surface area contributed by atoms with E-state index >= 15 is 0 Å². The second-order valence-electron chi connectivity index (χ2n) is 8.37. The van der Waals surface area contributed by atoms with Gasteiger partial charge in [0.05, 0.1) is 11.1 Å². The fraction of sp³-hybridized carbons (Fsp3) is 0.545. The van der Waals surface area contributed by atoms with Crippen LogP contribution in [0.25, 0.3) is 10.9 Å². The predicted molar refractivity (Wildman–Crippen MR) is 122 cm³/mol. The molecule has 7 heteroatoms. The molecule has 1 amide bonds. The number of hydrogen-bond acceptors (Lipinski definition) is 4. The van der Waals surface area contributed by atoms with Crippen molar-refractivity contribution < 1.29 is 4.79 Å². The minimum absolute atomic E-state index is 0. The highest BCUT2D eigenvalue weighted by atomic mass is 35.5. The Hall–Kier alpha value is -1.40. The van der Waals surface area contributed by atoms with Crippen LogP contribution < -0.4 is 5.32 Å². The van der Waals surface area contributed by atoms with Crippen LogP contribution in [0.2, 0.25) is 0 Å². The van der Waals surface area contributed by atoms with Crippen molar-refractivity contribution >= 4 is 41.6 Å². The number of piperazine rings is 1. The van der Waals surface area contributed by atoms with Gasteiger partial charge in [-0.2, -0.15) is 0 Å². The van der Waals surface area contributed by atoms with Crippen LogP contribution >= 0.6 is 24.8 Å². The lowest BCUT2D eigenvalue weighted by atomic mass is 10.0. The quantitative estimate of drug-likeness (QED) is 0.800. The van der Waals surface area contributed by atoms with Crippen molar-refractivity contribution in [2.24, 2.45) is 0 Å². The molecule has 1 N–H and O–H groups in total. The number of halogens is 2. The molecule has 3 heterocycles. The first-order chi connectivity index (χ1) is 13.2. The molecular weight excluding hydrogens is 407 g/mol. The summed E-state index contributed by atoms with van der Waals surface area (Å²) in [6, 6.07) is 8.88. The van der Waals surface area contributed by atoms with Gasteiger partial charge in [-0.15, -0.1) is 24.8 Å². The van der Waals surface area contributed by atoms with Gasteiger partial charge in [0, 0.05) is 62.3 Å². The maximum Gasteiger partial charge on any atom is 0.254 e. The van der Waals surface area contributed by atoms with Crippen molar-refractivity contribution in [1.29, 1.82) is 0 Å². The van der Waals surface area contributed by atoms with E-state index in [1.54, 1.807) is 0 Å². The summed E-state index contributed by atoms with van der Waals surface area (Å²) in [5.74, 6) is 0.738. The maximum atomic E-state index is 13.5. The van der Waals surface area contributed by atoms with E-state index in [1.807, 2.05) is 0 Å². The average molecular weight is 437 g/mol. The Morgan fingerprint density at radius 1 is 1.07 bits per heavy atom. The molecule has 1 unspecified atom stereocenters. The van der Waals surface area contributed by atoms with Crippen LogP contribution in [0, 0.1) is 6.92 Å². The summed E-state index contributed by atoms with van der Waals surface area (Å²) in [6.07, 6.45) is 3.49. The van der Waals surface area contributed by atoms with Gasteiger partial charge in [-0.25, -0.2) is 0 Å². The number of nitrogens with zero attached hydrogens (tertiary/aromatic N) is 3. The fourth-order valence-electron chi connectivity index (χ4n) is 4.57. The van der Waals surface area contributed by atoms with E-state index in [1.165, 1.54) is 18.4 Å². The van der Waals surface area contributed by atoms with E-state index in [2.05, 4.69) is 46.3 Å². The summed E-state index contributed by atoms with van der Waals surface area (Å²) in [7, 11) is 0. The Labute approximate surface area is 185 Å². The van der Waals surface area contributed by atoms with E-state index in [4.69, 9.17) is 4.98 Å². The number of aromatic nitrogens is 1. The molecule has 2 saturated heterocycles. The van der Waals surface area contributed by atoms with Crippen molar-refractivity contribution in [2.75, 3.05) is 39.3 Å². The van der Waals surface area contributed by atoms with Crippen LogP contribution in [-0.2, 0) is 0 Å². The largest absolute Gasteiger partial charge is 0.337 e. The number of aryl methyl sites for hydroxylation is 1. The third-order valence-corrected chi connectivity index (χ3v) is 6.33. The minimum Gasteiger partial charge on any atom is -0.337 e. The average Bonchev–Trinajstić information content (AvgIpc) is 3.44. The van der Waals surface area contributed by atoms with Gasteiger partial charge in [0.1, 0.15) is 0 Å². The van der Waals surface area contributed by atoms with E-state index in [-0.39, 0.29) is 30.7 Å². The summed E-state index contributed by atoms with van der Waals surface area (Å²) in [6.45, 7) is 8.10. The fourth-order valence-corrected chi connectivity index (χ4v) is 4.57. The summed E-state index contributed by atoms with van der Waals surface area (Å²) >= 11 is 0. The summed E-state index contributed by atoms with van der Waals surface area (Å²) in [4.78, 5) is 22.9. The number of carbonyl (C=O) groups is 1. The highest BCUT2D eigenvalue weighted by molar-refractivity contribution is 6.06. The first-order valence-electron chi connectivity index (χ1n) is 10.3. The summed E-state index contributed by atoms with van der Waals surface area (Å²) in [5, 5.41) is 4.43. The summed E-state index contributed by atoms with van der Waals surface area (Å²) < 4.78 is 0. The Balaban J connectivity index is 0.00000120. The van der Waals surface area contributed by atoms with Gasteiger partial charge in [0.2, 0.25) is 0 Å². The van der Waals surface area contributed by atoms with Gasteiger partial charge < -0.3 is 10.2 Å². The molecule has 5 nitrogen and oxygen atoms in total. The maximum absolute atomic E-state index is 13.5. The van der Waals surface area contributed by atoms with Crippen molar-refractivity contribution in [3.05, 3.63) is 41.1 Å². The van der Waals surface area contributed by atoms with E-state index in [9.17, 15) is 4.79 Å². The lowest BCUT2D eigenvalue weighted by Crippen LogP contribution is -2.49. The molecular formula is C22H30Cl2N4O. The molecule has 1 saturated carbocycles. The number of likely N-dealkylation sites (tertiary alicyclic amines) is 1. The van der Waals surface area contributed by atoms with Crippen LogP contribution in [0.15, 0.2) is 24.3 Å².